The highest BCUT2D eigenvalue weighted by atomic mass is 19.4. The van der Waals surface area contributed by atoms with Crippen molar-refractivity contribution in [2.45, 2.75) is 25.1 Å². The van der Waals surface area contributed by atoms with Gasteiger partial charge in [0.25, 0.3) is 5.91 Å². The largest absolute Gasteiger partial charge is 0.417 e. The Labute approximate surface area is 142 Å². The lowest BCUT2D eigenvalue weighted by Crippen LogP contribution is -2.48. The van der Waals surface area contributed by atoms with E-state index in [1.54, 1.807) is 0 Å². The summed E-state index contributed by atoms with van der Waals surface area (Å²) in [5, 5.41) is 2.88. The molecule has 132 valence electrons. The summed E-state index contributed by atoms with van der Waals surface area (Å²) in [4.78, 5) is 25.7. The molecule has 1 atom stereocenters. The highest BCUT2D eigenvalue weighted by Gasteiger charge is 2.31. The molecule has 1 N–H and O–H groups in total. The maximum Gasteiger partial charge on any atom is 0.417 e. The van der Waals surface area contributed by atoms with Gasteiger partial charge in [0.1, 0.15) is 11.5 Å². The summed E-state index contributed by atoms with van der Waals surface area (Å²) in [5.74, 6) is 0.145. The normalized spacial score (nSPS) is 18.0. The average molecular weight is 351 g/mol. The molecule has 0 radical (unpaired) electrons. The van der Waals surface area contributed by atoms with Crippen LogP contribution in [0.5, 0.6) is 0 Å². The first-order valence-electron chi connectivity index (χ1n) is 7.78. The van der Waals surface area contributed by atoms with Crippen molar-refractivity contribution in [1.29, 1.82) is 0 Å². The van der Waals surface area contributed by atoms with Gasteiger partial charge in [-0.3, -0.25) is 9.78 Å². The van der Waals surface area contributed by atoms with E-state index >= 15 is 0 Å². The molecular formula is C16H16F3N5O. The molecule has 0 aromatic carbocycles. The summed E-state index contributed by atoms with van der Waals surface area (Å²) in [6, 6.07) is 2.24. The van der Waals surface area contributed by atoms with Crippen LogP contribution in [0.2, 0.25) is 0 Å². The van der Waals surface area contributed by atoms with Crippen molar-refractivity contribution in [2.24, 2.45) is 0 Å². The van der Waals surface area contributed by atoms with Gasteiger partial charge in [0.15, 0.2) is 0 Å². The van der Waals surface area contributed by atoms with Gasteiger partial charge in [0, 0.05) is 37.7 Å². The summed E-state index contributed by atoms with van der Waals surface area (Å²) in [7, 11) is 0. The highest BCUT2D eigenvalue weighted by Crippen LogP contribution is 2.29. The molecule has 1 saturated heterocycles. The first-order chi connectivity index (χ1) is 11.9. The fraction of sp³-hybridized carbons (Fsp3) is 0.375. The van der Waals surface area contributed by atoms with E-state index in [2.05, 4.69) is 20.3 Å². The molecule has 2 aromatic rings. The standard InChI is InChI=1S/C16H16F3N5O/c17-16(18,19)11-3-4-14(22-8-11)24-7-1-2-12(10-24)23-15(25)13-9-20-5-6-21-13/h3-6,8-9,12H,1-2,7,10H2,(H,23,25). The van der Waals surface area contributed by atoms with Gasteiger partial charge in [-0.25, -0.2) is 9.97 Å². The second-order valence-electron chi connectivity index (χ2n) is 5.75. The van der Waals surface area contributed by atoms with Gasteiger partial charge in [0.2, 0.25) is 0 Å². The Morgan fingerprint density at radius 3 is 2.68 bits per heavy atom. The van der Waals surface area contributed by atoms with Crippen molar-refractivity contribution in [2.75, 3.05) is 18.0 Å². The quantitative estimate of drug-likeness (QED) is 0.919. The van der Waals surface area contributed by atoms with E-state index in [0.717, 1.165) is 25.1 Å². The van der Waals surface area contributed by atoms with Crippen molar-refractivity contribution in [3.63, 3.8) is 0 Å². The number of carbonyl (C=O) groups excluding carboxylic acids is 1. The Balaban J connectivity index is 1.64. The number of nitrogens with one attached hydrogen (secondary N) is 1. The number of piperidine rings is 1. The molecule has 1 aliphatic heterocycles. The number of amides is 1. The van der Waals surface area contributed by atoms with Gasteiger partial charge in [-0.2, -0.15) is 13.2 Å². The number of halogens is 3. The van der Waals surface area contributed by atoms with Crippen LogP contribution in [0.25, 0.3) is 0 Å². The van der Waals surface area contributed by atoms with Crippen molar-refractivity contribution < 1.29 is 18.0 Å². The minimum Gasteiger partial charge on any atom is -0.355 e. The fourth-order valence-electron chi connectivity index (χ4n) is 2.72. The number of rotatable bonds is 3. The van der Waals surface area contributed by atoms with E-state index in [4.69, 9.17) is 0 Å². The van der Waals surface area contributed by atoms with Gasteiger partial charge < -0.3 is 10.2 Å². The number of aromatic nitrogens is 3. The number of nitrogens with zero attached hydrogens (tertiary/aromatic N) is 4. The van der Waals surface area contributed by atoms with Crippen LogP contribution >= 0.6 is 0 Å². The third-order valence-electron chi connectivity index (χ3n) is 3.95. The van der Waals surface area contributed by atoms with Gasteiger partial charge in [-0.1, -0.05) is 0 Å². The molecule has 1 aliphatic rings. The molecule has 0 bridgehead atoms. The van der Waals surface area contributed by atoms with Gasteiger partial charge in [0.05, 0.1) is 11.8 Å². The SMILES string of the molecule is O=C(NC1CCCN(c2ccc(C(F)(F)F)cn2)C1)c1cnccn1. The lowest BCUT2D eigenvalue weighted by Gasteiger charge is -2.34. The number of alkyl halides is 3. The van der Waals surface area contributed by atoms with Gasteiger partial charge >= 0.3 is 6.18 Å². The molecule has 0 spiro atoms. The van der Waals surface area contributed by atoms with Crippen molar-refractivity contribution in [3.8, 4) is 0 Å². The van der Waals surface area contributed by atoms with Crippen LogP contribution in [0, 0.1) is 0 Å². The Morgan fingerprint density at radius 1 is 1.20 bits per heavy atom. The molecular weight excluding hydrogens is 335 g/mol. The van der Waals surface area contributed by atoms with Crippen molar-refractivity contribution in [3.05, 3.63) is 48.2 Å². The van der Waals surface area contributed by atoms with Crippen LogP contribution in [0.1, 0.15) is 28.9 Å². The van der Waals surface area contributed by atoms with Crippen LogP contribution in [-0.4, -0.2) is 40.0 Å². The van der Waals surface area contributed by atoms with Crippen LogP contribution in [0.15, 0.2) is 36.9 Å². The Kier molecular flexibility index (Phi) is 4.82. The molecule has 0 aliphatic carbocycles. The van der Waals surface area contributed by atoms with Crippen LogP contribution < -0.4 is 10.2 Å². The molecule has 25 heavy (non-hydrogen) atoms. The first kappa shape index (κ1) is 17.1. The smallest absolute Gasteiger partial charge is 0.355 e. The van der Waals surface area contributed by atoms with Crippen LogP contribution in [0.3, 0.4) is 0 Å². The summed E-state index contributed by atoms with van der Waals surface area (Å²) in [6.45, 7) is 1.15. The van der Waals surface area contributed by atoms with Crippen molar-refractivity contribution >= 4 is 11.7 Å². The van der Waals surface area contributed by atoms with E-state index in [0.29, 0.717) is 18.9 Å². The predicted octanol–water partition coefficient (Wildman–Crippen LogP) is 2.29. The van der Waals surface area contributed by atoms with E-state index in [9.17, 15) is 18.0 Å². The Bertz CT molecular complexity index is 721. The zero-order valence-corrected chi connectivity index (χ0v) is 13.2. The zero-order chi connectivity index (χ0) is 17.9. The molecule has 3 rings (SSSR count). The number of hydrogen-bond acceptors (Lipinski definition) is 5. The van der Waals surface area contributed by atoms with Crippen LogP contribution in [0.4, 0.5) is 19.0 Å². The first-order valence-corrected chi connectivity index (χ1v) is 7.78. The van der Waals surface area contributed by atoms with Crippen molar-refractivity contribution in [1.82, 2.24) is 20.3 Å². The number of hydrogen-bond donors (Lipinski definition) is 1. The topological polar surface area (TPSA) is 71.0 Å². The monoisotopic (exact) mass is 351 g/mol. The molecule has 1 unspecified atom stereocenters. The van der Waals surface area contributed by atoms with Gasteiger partial charge in [-0.05, 0) is 25.0 Å². The molecule has 2 aromatic heterocycles. The van der Waals surface area contributed by atoms with Gasteiger partial charge in [-0.15, -0.1) is 0 Å². The molecule has 1 fully saturated rings. The van der Waals surface area contributed by atoms with E-state index in [1.165, 1.54) is 24.7 Å². The second kappa shape index (κ2) is 7.04. The Morgan fingerprint density at radius 2 is 2.04 bits per heavy atom. The summed E-state index contributed by atoms with van der Waals surface area (Å²) in [5.41, 5.74) is -0.548. The lowest BCUT2D eigenvalue weighted by atomic mass is 10.1. The minimum absolute atomic E-state index is 0.132. The summed E-state index contributed by atoms with van der Waals surface area (Å²) >= 11 is 0. The molecule has 9 heteroatoms. The number of pyridine rings is 1. The zero-order valence-electron chi connectivity index (χ0n) is 13.2. The summed E-state index contributed by atoms with van der Waals surface area (Å²) < 4.78 is 37.8. The van der Waals surface area contributed by atoms with E-state index in [-0.39, 0.29) is 17.6 Å². The van der Waals surface area contributed by atoms with E-state index in [1.807, 2.05) is 4.90 Å². The van der Waals surface area contributed by atoms with Crippen LogP contribution in [-0.2, 0) is 6.18 Å². The third-order valence-corrected chi connectivity index (χ3v) is 3.95. The minimum atomic E-state index is -4.40. The third kappa shape index (κ3) is 4.23. The lowest BCUT2D eigenvalue weighted by molar-refractivity contribution is -0.137. The Hall–Kier alpha value is -2.71. The maximum absolute atomic E-state index is 12.6. The van der Waals surface area contributed by atoms with E-state index < -0.39 is 11.7 Å². The fourth-order valence-corrected chi connectivity index (χ4v) is 2.72. The maximum atomic E-state index is 12.6. The molecule has 1 amide bonds. The molecule has 3 heterocycles. The number of anilines is 1. The average Bonchev–Trinajstić information content (AvgIpc) is 2.62. The molecule has 6 nitrogen and oxygen atoms in total. The predicted molar refractivity (Wildman–Crippen MR) is 84.0 cm³/mol. The molecule has 0 saturated carbocycles. The summed E-state index contributed by atoms with van der Waals surface area (Å²) in [6.07, 6.45) is 2.31. The number of carbonyl (C=O) groups is 1. The highest BCUT2D eigenvalue weighted by molar-refractivity contribution is 5.92. The second-order valence-corrected chi connectivity index (χ2v) is 5.75.